The number of para-hydroxylation sites is 1. The van der Waals surface area contributed by atoms with Gasteiger partial charge in [-0.1, -0.05) is 12.1 Å². The molecule has 0 atom stereocenters. The summed E-state index contributed by atoms with van der Waals surface area (Å²) in [5.41, 5.74) is -0.0918. The van der Waals surface area contributed by atoms with Gasteiger partial charge in [-0.2, -0.15) is 13.2 Å². The number of amides is 1. The molecule has 0 unspecified atom stereocenters. The first-order valence-electron chi connectivity index (χ1n) is 7.44. The Morgan fingerprint density at radius 1 is 1.27 bits per heavy atom. The Hall–Kier alpha value is -2.81. The second kappa shape index (κ2) is 7.20. The monoisotopic (exact) mass is 382 g/mol. The highest BCUT2D eigenvalue weighted by Crippen LogP contribution is 2.36. The van der Waals surface area contributed by atoms with E-state index in [4.69, 9.17) is 9.15 Å². The summed E-state index contributed by atoms with van der Waals surface area (Å²) in [7, 11) is 0. The number of hydrogen-bond donors (Lipinski definition) is 1. The molecular formula is C17H13F3N2O3S. The normalized spacial score (nSPS) is 11.4. The molecule has 1 N–H and O–H groups in total. The molecule has 0 bridgehead atoms. The van der Waals surface area contributed by atoms with Crippen LogP contribution in [0.3, 0.4) is 0 Å². The standard InChI is InChI=1S/C17H13F3N2O3S/c1-10-9-26-16(21-10)22-15(23)14-7-6-11(25-14)8-24-13-5-3-2-4-12(13)17(18,19)20/h2-7,9H,8H2,1H3,(H,21,22,23). The van der Waals surface area contributed by atoms with Crippen LogP contribution in [0.15, 0.2) is 46.2 Å². The second-order valence-electron chi connectivity index (χ2n) is 5.30. The largest absolute Gasteiger partial charge is 0.485 e. The SMILES string of the molecule is Cc1csc(NC(=O)c2ccc(COc3ccccc3C(F)(F)F)o2)n1. The van der Waals surface area contributed by atoms with Gasteiger partial charge in [-0.05, 0) is 31.2 Å². The van der Waals surface area contributed by atoms with Crippen LogP contribution in [-0.4, -0.2) is 10.9 Å². The molecule has 26 heavy (non-hydrogen) atoms. The van der Waals surface area contributed by atoms with Crippen LogP contribution in [0.5, 0.6) is 5.75 Å². The Bertz CT molecular complexity index is 918. The van der Waals surface area contributed by atoms with Gasteiger partial charge in [-0.15, -0.1) is 11.3 Å². The first kappa shape index (κ1) is 18.0. The van der Waals surface area contributed by atoms with Gasteiger partial charge in [0.1, 0.15) is 18.1 Å². The zero-order valence-electron chi connectivity index (χ0n) is 13.5. The van der Waals surface area contributed by atoms with Gasteiger partial charge < -0.3 is 9.15 Å². The van der Waals surface area contributed by atoms with E-state index in [1.807, 2.05) is 0 Å². The fourth-order valence-electron chi connectivity index (χ4n) is 2.12. The number of ether oxygens (including phenoxy) is 1. The number of nitrogens with zero attached hydrogens (tertiary/aromatic N) is 1. The number of halogens is 3. The third kappa shape index (κ3) is 4.23. The third-order valence-corrected chi connectivity index (χ3v) is 4.16. The summed E-state index contributed by atoms with van der Waals surface area (Å²) in [5.74, 6) is -0.565. The maximum absolute atomic E-state index is 12.9. The Balaban J connectivity index is 1.65. The highest BCUT2D eigenvalue weighted by Gasteiger charge is 2.34. The quantitative estimate of drug-likeness (QED) is 0.682. The molecule has 9 heteroatoms. The summed E-state index contributed by atoms with van der Waals surface area (Å²) in [4.78, 5) is 16.2. The zero-order chi connectivity index (χ0) is 18.7. The van der Waals surface area contributed by atoms with Gasteiger partial charge >= 0.3 is 6.18 Å². The van der Waals surface area contributed by atoms with Crippen LogP contribution in [-0.2, 0) is 12.8 Å². The van der Waals surface area contributed by atoms with Crippen LogP contribution in [0, 0.1) is 6.92 Å². The van der Waals surface area contributed by atoms with E-state index in [2.05, 4.69) is 10.3 Å². The van der Waals surface area contributed by atoms with Crippen molar-refractivity contribution in [3.63, 3.8) is 0 Å². The number of hydrogen-bond acceptors (Lipinski definition) is 5. The number of nitrogens with one attached hydrogen (secondary N) is 1. The molecule has 2 heterocycles. The minimum Gasteiger partial charge on any atom is -0.485 e. The molecule has 1 amide bonds. The van der Waals surface area contributed by atoms with E-state index in [1.54, 1.807) is 12.3 Å². The van der Waals surface area contributed by atoms with Crippen LogP contribution >= 0.6 is 11.3 Å². The lowest BCUT2D eigenvalue weighted by atomic mass is 10.2. The van der Waals surface area contributed by atoms with Crippen LogP contribution in [0.25, 0.3) is 0 Å². The van der Waals surface area contributed by atoms with Crippen molar-refractivity contribution in [3.05, 3.63) is 64.6 Å². The number of aryl methyl sites for hydroxylation is 1. The predicted octanol–water partition coefficient (Wildman–Crippen LogP) is 4.89. The van der Waals surface area contributed by atoms with E-state index in [1.165, 1.54) is 41.7 Å². The Labute approximate surface area is 150 Å². The molecule has 0 saturated carbocycles. The van der Waals surface area contributed by atoms with Crippen molar-refractivity contribution in [2.24, 2.45) is 0 Å². The number of anilines is 1. The van der Waals surface area contributed by atoms with Gasteiger partial charge in [0, 0.05) is 5.38 Å². The average Bonchev–Trinajstić information content (AvgIpc) is 3.21. The van der Waals surface area contributed by atoms with Crippen molar-refractivity contribution in [2.75, 3.05) is 5.32 Å². The molecule has 0 saturated heterocycles. The molecule has 0 aliphatic heterocycles. The molecule has 0 radical (unpaired) electrons. The number of carbonyl (C=O) groups is 1. The zero-order valence-corrected chi connectivity index (χ0v) is 14.3. The predicted molar refractivity (Wildman–Crippen MR) is 89.3 cm³/mol. The maximum atomic E-state index is 12.9. The molecule has 136 valence electrons. The highest BCUT2D eigenvalue weighted by atomic mass is 32.1. The van der Waals surface area contributed by atoms with E-state index in [9.17, 15) is 18.0 Å². The van der Waals surface area contributed by atoms with Gasteiger partial charge in [0.05, 0.1) is 11.3 Å². The number of benzene rings is 1. The number of alkyl halides is 3. The van der Waals surface area contributed by atoms with Gasteiger partial charge in [-0.3, -0.25) is 10.1 Å². The Morgan fingerprint density at radius 3 is 2.73 bits per heavy atom. The lowest BCUT2D eigenvalue weighted by molar-refractivity contribution is -0.139. The first-order valence-corrected chi connectivity index (χ1v) is 8.32. The molecule has 1 aromatic carbocycles. The molecule has 5 nitrogen and oxygen atoms in total. The summed E-state index contributed by atoms with van der Waals surface area (Å²) >= 11 is 1.27. The van der Waals surface area contributed by atoms with E-state index >= 15 is 0 Å². The van der Waals surface area contributed by atoms with Gasteiger partial charge in [0.25, 0.3) is 5.91 Å². The van der Waals surface area contributed by atoms with E-state index in [0.29, 0.717) is 5.13 Å². The second-order valence-corrected chi connectivity index (χ2v) is 6.15. The maximum Gasteiger partial charge on any atom is 0.419 e. The van der Waals surface area contributed by atoms with Crippen molar-refractivity contribution in [1.82, 2.24) is 4.98 Å². The lowest BCUT2D eigenvalue weighted by Gasteiger charge is -2.12. The number of aromatic nitrogens is 1. The van der Waals surface area contributed by atoms with Crippen molar-refractivity contribution < 1.29 is 27.1 Å². The van der Waals surface area contributed by atoms with Crippen molar-refractivity contribution >= 4 is 22.4 Å². The summed E-state index contributed by atoms with van der Waals surface area (Å²) < 4.78 is 49.3. The highest BCUT2D eigenvalue weighted by molar-refractivity contribution is 7.13. The van der Waals surface area contributed by atoms with Crippen LogP contribution in [0.2, 0.25) is 0 Å². The smallest absolute Gasteiger partial charge is 0.419 e. The van der Waals surface area contributed by atoms with E-state index < -0.39 is 17.6 Å². The van der Waals surface area contributed by atoms with Crippen LogP contribution in [0.4, 0.5) is 18.3 Å². The fraction of sp³-hybridized carbons (Fsp3) is 0.176. The first-order chi connectivity index (χ1) is 12.3. The fourth-order valence-corrected chi connectivity index (χ4v) is 2.81. The van der Waals surface area contributed by atoms with Gasteiger partial charge in [0.2, 0.25) is 0 Å². The molecule has 0 aliphatic rings. The Morgan fingerprint density at radius 2 is 2.04 bits per heavy atom. The molecule has 0 aliphatic carbocycles. The van der Waals surface area contributed by atoms with Gasteiger partial charge in [0.15, 0.2) is 10.9 Å². The van der Waals surface area contributed by atoms with Crippen molar-refractivity contribution in [2.45, 2.75) is 19.7 Å². The molecular weight excluding hydrogens is 369 g/mol. The topological polar surface area (TPSA) is 64.4 Å². The molecule has 2 aromatic heterocycles. The van der Waals surface area contributed by atoms with E-state index in [-0.39, 0.29) is 23.9 Å². The Kier molecular flexibility index (Phi) is 4.99. The lowest BCUT2D eigenvalue weighted by Crippen LogP contribution is -2.10. The minimum absolute atomic E-state index is 0.0144. The van der Waals surface area contributed by atoms with Gasteiger partial charge in [-0.25, -0.2) is 4.98 Å². The molecule has 0 spiro atoms. The third-order valence-electron chi connectivity index (χ3n) is 3.29. The number of rotatable bonds is 5. The minimum atomic E-state index is -4.52. The molecule has 0 fully saturated rings. The van der Waals surface area contributed by atoms with Crippen molar-refractivity contribution in [1.29, 1.82) is 0 Å². The number of carbonyl (C=O) groups excluding carboxylic acids is 1. The molecule has 3 rings (SSSR count). The van der Waals surface area contributed by atoms with E-state index in [0.717, 1.165) is 11.8 Å². The summed E-state index contributed by atoms with van der Waals surface area (Å²) in [6.07, 6.45) is -4.52. The van der Waals surface area contributed by atoms with Crippen LogP contribution < -0.4 is 10.1 Å². The number of thiazole rings is 1. The van der Waals surface area contributed by atoms with Crippen molar-refractivity contribution in [3.8, 4) is 5.75 Å². The summed E-state index contributed by atoms with van der Waals surface area (Å²) in [6.45, 7) is 1.56. The summed E-state index contributed by atoms with van der Waals surface area (Å²) in [5, 5.41) is 4.80. The number of furan rings is 1. The average molecular weight is 382 g/mol. The summed E-state index contributed by atoms with van der Waals surface area (Å²) in [6, 6.07) is 7.78. The van der Waals surface area contributed by atoms with Crippen LogP contribution in [0.1, 0.15) is 27.6 Å². The molecule has 3 aromatic rings.